The summed E-state index contributed by atoms with van der Waals surface area (Å²) in [4.78, 5) is 16.5. The second-order valence-corrected chi connectivity index (χ2v) is 4.53. The zero-order valence-electron chi connectivity index (χ0n) is 8.70. The number of hydrogen-bond acceptors (Lipinski definition) is 3. The lowest BCUT2D eigenvalue weighted by molar-refractivity contribution is 0.0702. The Morgan fingerprint density at radius 3 is 2.76 bits per heavy atom. The van der Waals surface area contributed by atoms with Crippen molar-refractivity contribution in [2.45, 2.75) is 0 Å². The van der Waals surface area contributed by atoms with Crippen LogP contribution in [0.3, 0.4) is 0 Å². The average Bonchev–Trinajstić information content (AvgIpc) is 2.94. The third-order valence-electron chi connectivity index (χ3n) is 2.50. The highest BCUT2D eigenvalue weighted by atomic mass is 32.1. The number of fused-ring (bicyclic) bond motifs is 1. The minimum Gasteiger partial charge on any atom is -0.477 e. The maximum absolute atomic E-state index is 11.3. The summed E-state index contributed by atoms with van der Waals surface area (Å²) in [6.45, 7) is 0. The van der Waals surface area contributed by atoms with E-state index >= 15 is 0 Å². The van der Waals surface area contributed by atoms with Gasteiger partial charge in [-0.1, -0.05) is 0 Å². The lowest BCUT2D eigenvalue weighted by Crippen LogP contribution is -1.99. The second kappa shape index (κ2) is 3.71. The molecule has 1 N–H and O–H groups in total. The van der Waals surface area contributed by atoms with Crippen LogP contribution in [0.5, 0.6) is 0 Å². The average molecular weight is 244 g/mol. The summed E-state index contributed by atoms with van der Waals surface area (Å²) >= 11 is 1.20. The molecular formula is C12H8N2O2S. The van der Waals surface area contributed by atoms with Crippen LogP contribution in [-0.4, -0.2) is 20.6 Å². The molecule has 0 atom stereocenters. The van der Waals surface area contributed by atoms with E-state index in [2.05, 4.69) is 4.98 Å². The van der Waals surface area contributed by atoms with Crippen molar-refractivity contribution < 1.29 is 9.90 Å². The Hall–Kier alpha value is -2.14. The molecule has 0 aliphatic carbocycles. The molecule has 84 valence electrons. The summed E-state index contributed by atoms with van der Waals surface area (Å²) in [7, 11) is 0. The van der Waals surface area contributed by atoms with Gasteiger partial charge in [-0.3, -0.25) is 0 Å². The smallest absolute Gasteiger partial charge is 0.348 e. The molecule has 0 bridgehead atoms. The molecule has 0 fully saturated rings. The third kappa shape index (κ3) is 1.52. The predicted molar refractivity (Wildman–Crippen MR) is 65.9 cm³/mol. The molecule has 3 rings (SSSR count). The van der Waals surface area contributed by atoms with Crippen LogP contribution in [0.15, 0.2) is 42.9 Å². The highest BCUT2D eigenvalue weighted by molar-refractivity contribution is 7.20. The fraction of sp³-hybridized carbons (Fsp3) is 0. The molecule has 3 heterocycles. The first kappa shape index (κ1) is 10.0. The Labute approximate surface area is 101 Å². The summed E-state index contributed by atoms with van der Waals surface area (Å²) in [6.07, 6.45) is 5.34. The van der Waals surface area contributed by atoms with E-state index in [1.165, 1.54) is 11.3 Å². The molecule has 0 radical (unpaired) electrons. The molecule has 0 amide bonds. The van der Waals surface area contributed by atoms with E-state index < -0.39 is 5.97 Å². The first-order chi connectivity index (χ1) is 8.27. The number of rotatable bonds is 2. The molecule has 0 aliphatic heterocycles. The van der Waals surface area contributed by atoms with Gasteiger partial charge in [0.25, 0.3) is 0 Å². The van der Waals surface area contributed by atoms with Crippen molar-refractivity contribution in [1.29, 1.82) is 0 Å². The first-order valence-corrected chi connectivity index (χ1v) is 5.83. The summed E-state index contributed by atoms with van der Waals surface area (Å²) in [5.74, 6) is -0.920. The Morgan fingerprint density at radius 2 is 2.06 bits per heavy atom. The van der Waals surface area contributed by atoms with Gasteiger partial charge >= 0.3 is 5.97 Å². The van der Waals surface area contributed by atoms with E-state index in [1.54, 1.807) is 6.20 Å². The molecule has 0 unspecified atom stereocenters. The standard InChI is InChI=1S/C12H8N2O2S/c15-12(16)10-9(14-6-1-2-7-14)8-4-3-5-13-11(8)17-10/h1-7H,(H,15,16). The normalized spacial score (nSPS) is 10.8. The number of nitrogens with zero attached hydrogens (tertiary/aromatic N) is 2. The fourth-order valence-electron chi connectivity index (χ4n) is 1.80. The van der Waals surface area contributed by atoms with Crippen LogP contribution in [0.4, 0.5) is 0 Å². The zero-order valence-corrected chi connectivity index (χ0v) is 9.52. The summed E-state index contributed by atoms with van der Waals surface area (Å²) in [5, 5.41) is 10.1. The van der Waals surface area contributed by atoms with Crippen molar-refractivity contribution >= 4 is 27.5 Å². The number of thiophene rings is 1. The second-order valence-electron chi connectivity index (χ2n) is 3.53. The summed E-state index contributed by atoms with van der Waals surface area (Å²) in [5.41, 5.74) is 0.690. The molecule has 3 aromatic rings. The molecule has 3 aromatic heterocycles. The van der Waals surface area contributed by atoms with E-state index in [9.17, 15) is 9.90 Å². The molecule has 5 heteroatoms. The monoisotopic (exact) mass is 244 g/mol. The maximum Gasteiger partial charge on any atom is 0.348 e. The molecule has 17 heavy (non-hydrogen) atoms. The van der Waals surface area contributed by atoms with Crippen LogP contribution >= 0.6 is 11.3 Å². The highest BCUT2D eigenvalue weighted by Gasteiger charge is 2.18. The number of aromatic nitrogens is 2. The van der Waals surface area contributed by atoms with Crippen LogP contribution < -0.4 is 0 Å². The van der Waals surface area contributed by atoms with E-state index in [0.717, 1.165) is 10.2 Å². The Bertz CT molecular complexity index is 686. The molecule has 4 nitrogen and oxygen atoms in total. The lowest BCUT2D eigenvalue weighted by atomic mass is 10.2. The van der Waals surface area contributed by atoms with Crippen LogP contribution in [-0.2, 0) is 0 Å². The van der Waals surface area contributed by atoms with Gasteiger partial charge in [0.05, 0.1) is 5.69 Å². The number of carboxylic acid groups (broad SMARTS) is 1. The first-order valence-electron chi connectivity index (χ1n) is 5.01. The van der Waals surface area contributed by atoms with Gasteiger partial charge in [0.1, 0.15) is 9.71 Å². The predicted octanol–water partition coefficient (Wildman–Crippen LogP) is 2.79. The molecule has 0 saturated heterocycles. The van der Waals surface area contributed by atoms with Crippen LogP contribution in [0, 0.1) is 0 Å². The van der Waals surface area contributed by atoms with Crippen molar-refractivity contribution in [3.63, 3.8) is 0 Å². The van der Waals surface area contributed by atoms with Gasteiger partial charge in [-0.15, -0.1) is 11.3 Å². The van der Waals surface area contributed by atoms with Crippen molar-refractivity contribution in [2.75, 3.05) is 0 Å². The minimum atomic E-state index is -0.920. The SMILES string of the molecule is O=C(O)c1sc2ncccc2c1-n1cccc1. The Kier molecular flexibility index (Phi) is 2.19. The van der Waals surface area contributed by atoms with E-state index in [-0.39, 0.29) is 0 Å². The quantitative estimate of drug-likeness (QED) is 0.754. The molecule has 0 aromatic carbocycles. The van der Waals surface area contributed by atoms with Crippen molar-refractivity contribution in [3.05, 3.63) is 47.7 Å². The summed E-state index contributed by atoms with van der Waals surface area (Å²) in [6, 6.07) is 7.44. The summed E-state index contributed by atoms with van der Waals surface area (Å²) < 4.78 is 1.81. The van der Waals surface area contributed by atoms with Gasteiger partial charge in [0, 0.05) is 24.0 Å². The number of hydrogen-bond donors (Lipinski definition) is 1. The van der Waals surface area contributed by atoms with Gasteiger partial charge in [-0.2, -0.15) is 0 Å². The topological polar surface area (TPSA) is 55.1 Å². The molecule has 0 saturated carbocycles. The van der Waals surface area contributed by atoms with Crippen molar-refractivity contribution in [3.8, 4) is 5.69 Å². The Balaban J connectivity index is 2.40. The molecular weight excluding hydrogens is 236 g/mol. The number of pyridine rings is 1. The number of carboxylic acids is 1. The van der Waals surface area contributed by atoms with Gasteiger partial charge in [0.15, 0.2) is 0 Å². The maximum atomic E-state index is 11.3. The van der Waals surface area contributed by atoms with Gasteiger partial charge in [-0.05, 0) is 24.3 Å². The minimum absolute atomic E-state index is 0.315. The van der Waals surface area contributed by atoms with Gasteiger partial charge < -0.3 is 9.67 Å². The largest absolute Gasteiger partial charge is 0.477 e. The Morgan fingerprint density at radius 1 is 1.29 bits per heavy atom. The zero-order chi connectivity index (χ0) is 11.8. The number of carbonyl (C=O) groups is 1. The van der Waals surface area contributed by atoms with Crippen molar-refractivity contribution in [1.82, 2.24) is 9.55 Å². The van der Waals surface area contributed by atoms with Gasteiger partial charge in [-0.25, -0.2) is 9.78 Å². The fourth-order valence-corrected chi connectivity index (χ4v) is 2.79. The number of aromatic carboxylic acids is 1. The van der Waals surface area contributed by atoms with Crippen LogP contribution in [0.2, 0.25) is 0 Å². The van der Waals surface area contributed by atoms with Crippen molar-refractivity contribution in [2.24, 2.45) is 0 Å². The van der Waals surface area contributed by atoms with E-state index in [0.29, 0.717) is 10.6 Å². The lowest BCUT2D eigenvalue weighted by Gasteiger charge is -2.02. The molecule has 0 aliphatic rings. The highest BCUT2D eigenvalue weighted by Crippen LogP contribution is 2.32. The van der Waals surface area contributed by atoms with E-state index in [1.807, 2.05) is 41.2 Å². The van der Waals surface area contributed by atoms with Gasteiger partial charge in [0.2, 0.25) is 0 Å². The van der Waals surface area contributed by atoms with Crippen LogP contribution in [0.1, 0.15) is 9.67 Å². The van der Waals surface area contributed by atoms with Crippen LogP contribution in [0.25, 0.3) is 15.9 Å². The molecule has 0 spiro atoms. The van der Waals surface area contributed by atoms with E-state index in [4.69, 9.17) is 0 Å². The third-order valence-corrected chi connectivity index (χ3v) is 3.59.